The minimum Gasteiger partial charge on any atom is -0.508 e. The average molecular weight is 408 g/mol. The quantitative estimate of drug-likeness (QED) is 0.278. The number of ketones is 1. The van der Waals surface area contributed by atoms with Crippen LogP contribution >= 0.6 is 0 Å². The summed E-state index contributed by atoms with van der Waals surface area (Å²) < 4.78 is 0. The van der Waals surface area contributed by atoms with Gasteiger partial charge >= 0.3 is 0 Å². The summed E-state index contributed by atoms with van der Waals surface area (Å²) in [5.41, 5.74) is 2.83. The van der Waals surface area contributed by atoms with Crippen LogP contribution in [0.3, 0.4) is 0 Å². The van der Waals surface area contributed by atoms with Crippen molar-refractivity contribution in [1.29, 1.82) is 0 Å². The molecule has 0 saturated heterocycles. The molecule has 0 aliphatic heterocycles. The van der Waals surface area contributed by atoms with E-state index in [-0.39, 0.29) is 41.0 Å². The Kier molecular flexibility index (Phi) is 7.48. The zero-order chi connectivity index (χ0) is 22.4. The monoisotopic (exact) mass is 408 g/mol. The van der Waals surface area contributed by atoms with Gasteiger partial charge in [-0.1, -0.05) is 41.5 Å². The zero-order valence-corrected chi connectivity index (χ0v) is 17.7. The first-order valence-corrected chi connectivity index (χ1v) is 9.68. The van der Waals surface area contributed by atoms with Crippen LogP contribution in [0, 0.1) is 0 Å². The van der Waals surface area contributed by atoms with E-state index >= 15 is 0 Å². The van der Waals surface area contributed by atoms with Crippen molar-refractivity contribution < 1.29 is 25.2 Å². The molecule has 0 heterocycles. The fourth-order valence-corrected chi connectivity index (χ4v) is 2.89. The lowest BCUT2D eigenvalue weighted by molar-refractivity contribution is 0.104. The summed E-state index contributed by atoms with van der Waals surface area (Å²) >= 11 is 0. The molecule has 158 valence electrons. The van der Waals surface area contributed by atoms with E-state index in [1.54, 1.807) is 12.1 Å². The lowest BCUT2D eigenvalue weighted by atomic mass is 9.93. The standard InChI is InChI=1S/C25H28O5/c1-15(2)5-12-19-23(28)20(13-6-16(3)4)25(30)22(24(19)29)21(27)14-9-17-7-10-18(26)11-8-17/h5-11,14,26,28-30H,12-13H2,1-4H3/b14-9+. The third kappa shape index (κ3) is 5.54. The normalized spacial score (nSPS) is 10.8. The molecule has 0 aliphatic carbocycles. The minimum absolute atomic E-state index is 0.111. The second-order valence-electron chi connectivity index (χ2n) is 7.64. The highest BCUT2D eigenvalue weighted by Gasteiger charge is 2.25. The molecule has 0 spiro atoms. The van der Waals surface area contributed by atoms with Crippen LogP contribution in [0.25, 0.3) is 6.08 Å². The van der Waals surface area contributed by atoms with Gasteiger partial charge in [0, 0.05) is 11.1 Å². The van der Waals surface area contributed by atoms with Crippen molar-refractivity contribution in [2.75, 3.05) is 0 Å². The Labute approximate surface area is 177 Å². The van der Waals surface area contributed by atoms with Gasteiger partial charge in [0.2, 0.25) is 0 Å². The first-order chi connectivity index (χ1) is 14.1. The average Bonchev–Trinajstić information content (AvgIpc) is 2.66. The van der Waals surface area contributed by atoms with E-state index in [2.05, 4.69) is 0 Å². The maximum Gasteiger partial charge on any atom is 0.193 e. The van der Waals surface area contributed by atoms with Gasteiger partial charge < -0.3 is 20.4 Å². The molecule has 30 heavy (non-hydrogen) atoms. The Morgan fingerprint density at radius 2 is 1.23 bits per heavy atom. The molecule has 0 aromatic heterocycles. The fraction of sp³-hybridized carbons (Fsp3) is 0.240. The number of benzene rings is 2. The van der Waals surface area contributed by atoms with Crippen molar-refractivity contribution in [3.05, 3.63) is 75.9 Å². The second-order valence-corrected chi connectivity index (χ2v) is 7.64. The molecule has 0 saturated carbocycles. The molecule has 2 aromatic rings. The summed E-state index contributed by atoms with van der Waals surface area (Å²) in [5.74, 6) is -1.54. The SMILES string of the molecule is CC(C)=CCc1c(O)c(CC=C(C)C)c(O)c(C(=O)/C=C/c2ccc(O)cc2)c1O. The molecule has 2 rings (SSSR count). The summed E-state index contributed by atoms with van der Waals surface area (Å²) in [6.07, 6.45) is 6.88. The maximum atomic E-state index is 12.8. The summed E-state index contributed by atoms with van der Waals surface area (Å²) in [6.45, 7) is 7.58. The van der Waals surface area contributed by atoms with Gasteiger partial charge in [0.25, 0.3) is 0 Å². The summed E-state index contributed by atoms with van der Waals surface area (Å²) in [7, 11) is 0. The van der Waals surface area contributed by atoms with E-state index in [1.807, 2.05) is 39.8 Å². The number of rotatable bonds is 7. The summed E-state index contributed by atoms with van der Waals surface area (Å²) in [4.78, 5) is 12.8. The van der Waals surface area contributed by atoms with Crippen LogP contribution in [0.15, 0.2) is 53.6 Å². The largest absolute Gasteiger partial charge is 0.508 e. The fourth-order valence-electron chi connectivity index (χ4n) is 2.89. The highest BCUT2D eigenvalue weighted by Crippen LogP contribution is 2.43. The predicted molar refractivity (Wildman–Crippen MR) is 119 cm³/mol. The summed E-state index contributed by atoms with van der Waals surface area (Å²) in [5, 5.41) is 41.5. The Balaban J connectivity index is 2.57. The molecule has 0 unspecified atom stereocenters. The third-order valence-electron chi connectivity index (χ3n) is 4.61. The van der Waals surface area contributed by atoms with Crippen molar-refractivity contribution in [3.63, 3.8) is 0 Å². The van der Waals surface area contributed by atoms with Gasteiger partial charge in [0.1, 0.15) is 28.6 Å². The predicted octanol–water partition coefficient (Wildman–Crippen LogP) is 5.42. The van der Waals surface area contributed by atoms with E-state index in [0.29, 0.717) is 5.56 Å². The van der Waals surface area contributed by atoms with Crippen LogP contribution in [0.1, 0.15) is 54.7 Å². The number of allylic oxidation sites excluding steroid dienone is 5. The molecular weight excluding hydrogens is 380 g/mol. The molecule has 5 nitrogen and oxygen atoms in total. The molecule has 2 aromatic carbocycles. The number of hydrogen-bond donors (Lipinski definition) is 4. The molecule has 5 heteroatoms. The Morgan fingerprint density at radius 1 is 0.767 bits per heavy atom. The van der Waals surface area contributed by atoms with E-state index < -0.39 is 17.3 Å². The first kappa shape index (κ1) is 22.8. The first-order valence-electron chi connectivity index (χ1n) is 9.68. The topological polar surface area (TPSA) is 98.0 Å². The number of aromatic hydroxyl groups is 4. The number of phenols is 4. The number of carbonyl (C=O) groups excluding carboxylic acids is 1. The smallest absolute Gasteiger partial charge is 0.193 e. The van der Waals surface area contributed by atoms with Crippen molar-refractivity contribution in [1.82, 2.24) is 0 Å². The van der Waals surface area contributed by atoms with Gasteiger partial charge in [-0.2, -0.15) is 0 Å². The van der Waals surface area contributed by atoms with Gasteiger partial charge in [-0.3, -0.25) is 4.79 Å². The highest BCUT2D eigenvalue weighted by atomic mass is 16.3. The van der Waals surface area contributed by atoms with Crippen LogP contribution in [0.5, 0.6) is 23.0 Å². The molecule has 0 radical (unpaired) electrons. The number of phenolic OH excluding ortho intramolecular Hbond substituents is 4. The Bertz CT molecular complexity index is 969. The van der Waals surface area contributed by atoms with Crippen molar-refractivity contribution >= 4 is 11.9 Å². The van der Waals surface area contributed by atoms with Crippen LogP contribution in [-0.4, -0.2) is 26.2 Å². The molecule has 0 atom stereocenters. The molecular formula is C25H28O5. The van der Waals surface area contributed by atoms with Crippen molar-refractivity contribution in [3.8, 4) is 23.0 Å². The van der Waals surface area contributed by atoms with E-state index in [0.717, 1.165) is 11.1 Å². The molecule has 0 bridgehead atoms. The van der Waals surface area contributed by atoms with Crippen LogP contribution in [0.2, 0.25) is 0 Å². The Hall–Kier alpha value is -3.47. The van der Waals surface area contributed by atoms with Crippen LogP contribution in [-0.2, 0) is 12.8 Å². The van der Waals surface area contributed by atoms with Gasteiger partial charge in [0.05, 0.1) is 0 Å². The number of hydrogen-bond acceptors (Lipinski definition) is 5. The van der Waals surface area contributed by atoms with Crippen molar-refractivity contribution in [2.24, 2.45) is 0 Å². The van der Waals surface area contributed by atoms with Gasteiger partial charge in [0.15, 0.2) is 5.78 Å². The van der Waals surface area contributed by atoms with Gasteiger partial charge in [-0.05, 0) is 64.3 Å². The molecule has 4 N–H and O–H groups in total. The maximum absolute atomic E-state index is 12.8. The molecule has 0 amide bonds. The lowest BCUT2D eigenvalue weighted by Gasteiger charge is -2.16. The van der Waals surface area contributed by atoms with E-state index in [9.17, 15) is 25.2 Å². The van der Waals surface area contributed by atoms with Crippen LogP contribution < -0.4 is 0 Å². The second kappa shape index (κ2) is 9.83. The van der Waals surface area contributed by atoms with Gasteiger partial charge in [-0.15, -0.1) is 0 Å². The molecule has 0 aliphatic rings. The van der Waals surface area contributed by atoms with Gasteiger partial charge in [-0.25, -0.2) is 0 Å². The Morgan fingerprint density at radius 3 is 1.67 bits per heavy atom. The van der Waals surface area contributed by atoms with E-state index in [4.69, 9.17) is 0 Å². The third-order valence-corrected chi connectivity index (χ3v) is 4.61. The highest BCUT2D eigenvalue weighted by molar-refractivity contribution is 6.11. The number of carbonyl (C=O) groups is 1. The summed E-state index contributed by atoms with van der Waals surface area (Å²) in [6, 6.07) is 6.26. The molecule has 0 fully saturated rings. The van der Waals surface area contributed by atoms with Crippen LogP contribution in [0.4, 0.5) is 0 Å². The van der Waals surface area contributed by atoms with Crippen molar-refractivity contribution in [2.45, 2.75) is 40.5 Å². The zero-order valence-electron chi connectivity index (χ0n) is 17.7. The lowest BCUT2D eigenvalue weighted by Crippen LogP contribution is -2.03. The minimum atomic E-state index is -0.588. The van der Waals surface area contributed by atoms with E-state index in [1.165, 1.54) is 24.3 Å².